The predicted molar refractivity (Wildman–Crippen MR) is 78.6 cm³/mol. The Kier molecular flexibility index (Phi) is 5.57. The summed E-state index contributed by atoms with van der Waals surface area (Å²) in [5.74, 6) is 0. The zero-order valence-electron chi connectivity index (χ0n) is 11.8. The maximum atomic E-state index is 11.2. The fourth-order valence-corrected chi connectivity index (χ4v) is 1.95. The molecule has 0 amide bonds. The summed E-state index contributed by atoms with van der Waals surface area (Å²) in [4.78, 5) is 14.9. The summed E-state index contributed by atoms with van der Waals surface area (Å²) in [5.41, 5.74) is 6.56. The Morgan fingerprint density at radius 2 is 1.95 bits per heavy atom. The average Bonchev–Trinajstić information content (AvgIpc) is 2.33. The molecule has 0 aliphatic heterocycles. The highest BCUT2D eigenvalue weighted by Gasteiger charge is 2.21. The van der Waals surface area contributed by atoms with Gasteiger partial charge in [0.15, 0.2) is 0 Å². The van der Waals surface area contributed by atoms with E-state index in [9.17, 15) is 10.1 Å². The SMILES string of the molecule is CCCN(CCN(C)C)c1cccc(N)c1[N+](=O)[O-]. The number of hydrogen-bond donors (Lipinski definition) is 1. The van der Waals surface area contributed by atoms with Crippen LogP contribution >= 0.6 is 0 Å². The van der Waals surface area contributed by atoms with Crippen LogP contribution in [0.5, 0.6) is 0 Å². The van der Waals surface area contributed by atoms with E-state index in [2.05, 4.69) is 11.8 Å². The third kappa shape index (κ3) is 4.10. The second-order valence-electron chi connectivity index (χ2n) is 4.76. The van der Waals surface area contributed by atoms with Gasteiger partial charge in [-0.1, -0.05) is 13.0 Å². The van der Waals surface area contributed by atoms with Crippen molar-refractivity contribution in [3.05, 3.63) is 28.3 Å². The van der Waals surface area contributed by atoms with Crippen molar-refractivity contribution in [3.63, 3.8) is 0 Å². The zero-order chi connectivity index (χ0) is 14.4. The van der Waals surface area contributed by atoms with E-state index in [4.69, 9.17) is 5.73 Å². The Labute approximate surface area is 113 Å². The average molecular weight is 266 g/mol. The van der Waals surface area contributed by atoms with Crippen LogP contribution in [0.15, 0.2) is 18.2 Å². The lowest BCUT2D eigenvalue weighted by Gasteiger charge is -2.25. The molecule has 1 aromatic rings. The van der Waals surface area contributed by atoms with Crippen LogP contribution in [0.4, 0.5) is 17.1 Å². The summed E-state index contributed by atoms with van der Waals surface area (Å²) in [6.45, 7) is 4.41. The Hall–Kier alpha value is -1.82. The molecular formula is C13H22N4O2. The standard InChI is InChI=1S/C13H22N4O2/c1-4-8-16(10-9-15(2)3)12-7-5-6-11(14)13(12)17(18)19/h5-7H,4,8-10,14H2,1-3H3. The predicted octanol–water partition coefficient (Wildman–Crippen LogP) is 1.95. The van der Waals surface area contributed by atoms with Crippen molar-refractivity contribution in [1.82, 2.24) is 4.90 Å². The highest BCUT2D eigenvalue weighted by Crippen LogP contribution is 2.33. The summed E-state index contributed by atoms with van der Waals surface area (Å²) in [6.07, 6.45) is 0.930. The Morgan fingerprint density at radius 1 is 1.26 bits per heavy atom. The molecular weight excluding hydrogens is 244 g/mol. The largest absolute Gasteiger partial charge is 0.393 e. The van der Waals surface area contributed by atoms with Crippen LogP contribution in [0.25, 0.3) is 0 Å². The molecule has 0 unspecified atom stereocenters. The summed E-state index contributed by atoms with van der Waals surface area (Å²) in [5, 5.41) is 11.2. The number of nitrogens with two attached hydrogens (primary N) is 1. The number of nitro groups is 1. The number of nitro benzene ring substituents is 1. The minimum Gasteiger partial charge on any atom is -0.393 e. The van der Waals surface area contributed by atoms with Gasteiger partial charge in [-0.3, -0.25) is 10.1 Å². The monoisotopic (exact) mass is 266 g/mol. The topological polar surface area (TPSA) is 75.6 Å². The van der Waals surface area contributed by atoms with Crippen LogP contribution < -0.4 is 10.6 Å². The first-order valence-electron chi connectivity index (χ1n) is 6.40. The van der Waals surface area contributed by atoms with Gasteiger partial charge < -0.3 is 15.5 Å². The van der Waals surface area contributed by atoms with Crippen LogP contribution in [0.2, 0.25) is 0 Å². The minimum absolute atomic E-state index is 0.00899. The normalized spacial score (nSPS) is 10.7. The molecule has 0 radical (unpaired) electrons. The van der Waals surface area contributed by atoms with Gasteiger partial charge >= 0.3 is 5.69 Å². The van der Waals surface area contributed by atoms with E-state index in [-0.39, 0.29) is 11.4 Å². The van der Waals surface area contributed by atoms with E-state index < -0.39 is 4.92 Å². The Bertz CT molecular complexity index is 435. The lowest BCUT2D eigenvalue weighted by molar-refractivity contribution is -0.383. The highest BCUT2D eigenvalue weighted by atomic mass is 16.6. The maximum absolute atomic E-state index is 11.2. The molecule has 106 valence electrons. The molecule has 0 bridgehead atoms. The second-order valence-corrected chi connectivity index (χ2v) is 4.76. The van der Waals surface area contributed by atoms with Gasteiger partial charge in [0.25, 0.3) is 0 Å². The molecule has 0 aliphatic rings. The molecule has 0 fully saturated rings. The van der Waals surface area contributed by atoms with Crippen molar-refractivity contribution in [1.29, 1.82) is 0 Å². The Morgan fingerprint density at radius 3 is 2.47 bits per heavy atom. The number of nitrogens with zero attached hydrogens (tertiary/aromatic N) is 3. The number of benzene rings is 1. The van der Waals surface area contributed by atoms with E-state index in [1.807, 2.05) is 19.0 Å². The van der Waals surface area contributed by atoms with Gasteiger partial charge in [-0.2, -0.15) is 0 Å². The van der Waals surface area contributed by atoms with Crippen molar-refractivity contribution < 1.29 is 4.92 Å². The first-order valence-corrected chi connectivity index (χ1v) is 6.40. The van der Waals surface area contributed by atoms with Gasteiger partial charge in [0.2, 0.25) is 0 Å². The van der Waals surface area contributed by atoms with Gasteiger partial charge in [0.05, 0.1) is 4.92 Å². The fraction of sp³-hybridized carbons (Fsp3) is 0.538. The van der Waals surface area contributed by atoms with Crippen molar-refractivity contribution in [2.24, 2.45) is 0 Å². The van der Waals surface area contributed by atoms with E-state index in [0.717, 1.165) is 26.1 Å². The molecule has 0 spiro atoms. The number of likely N-dealkylation sites (N-methyl/N-ethyl adjacent to an activating group) is 1. The van der Waals surface area contributed by atoms with Gasteiger partial charge in [-0.15, -0.1) is 0 Å². The second kappa shape index (κ2) is 6.94. The molecule has 1 rings (SSSR count). The van der Waals surface area contributed by atoms with Crippen LogP contribution in [0.1, 0.15) is 13.3 Å². The summed E-state index contributed by atoms with van der Waals surface area (Å²) in [6, 6.07) is 5.09. The van der Waals surface area contributed by atoms with Gasteiger partial charge in [-0.25, -0.2) is 0 Å². The van der Waals surface area contributed by atoms with Crippen molar-refractivity contribution in [2.75, 3.05) is 44.4 Å². The summed E-state index contributed by atoms with van der Waals surface area (Å²) < 4.78 is 0. The smallest absolute Gasteiger partial charge is 0.315 e. The lowest BCUT2D eigenvalue weighted by Crippen LogP contribution is -2.32. The molecule has 0 saturated heterocycles. The van der Waals surface area contributed by atoms with E-state index in [1.165, 1.54) is 0 Å². The number of nitrogen functional groups attached to an aromatic ring is 1. The van der Waals surface area contributed by atoms with Gasteiger partial charge in [0.1, 0.15) is 11.4 Å². The lowest BCUT2D eigenvalue weighted by atomic mass is 10.2. The molecule has 19 heavy (non-hydrogen) atoms. The molecule has 0 atom stereocenters. The van der Waals surface area contributed by atoms with Crippen LogP contribution in [0, 0.1) is 10.1 Å². The molecule has 0 aromatic heterocycles. The van der Waals surface area contributed by atoms with Crippen molar-refractivity contribution >= 4 is 17.1 Å². The van der Waals surface area contributed by atoms with E-state index >= 15 is 0 Å². The molecule has 6 heteroatoms. The molecule has 0 heterocycles. The number of para-hydroxylation sites is 1. The molecule has 2 N–H and O–H groups in total. The van der Waals surface area contributed by atoms with Crippen LogP contribution in [-0.2, 0) is 0 Å². The third-order valence-corrected chi connectivity index (χ3v) is 2.88. The minimum atomic E-state index is -0.400. The van der Waals surface area contributed by atoms with E-state index in [0.29, 0.717) is 5.69 Å². The van der Waals surface area contributed by atoms with Crippen LogP contribution in [0.3, 0.4) is 0 Å². The van der Waals surface area contributed by atoms with Crippen molar-refractivity contribution in [3.8, 4) is 0 Å². The number of anilines is 2. The fourth-order valence-electron chi connectivity index (χ4n) is 1.95. The molecule has 1 aromatic carbocycles. The molecule has 0 saturated carbocycles. The zero-order valence-corrected chi connectivity index (χ0v) is 11.8. The Balaban J connectivity index is 3.07. The first-order chi connectivity index (χ1) is 8.97. The quantitative estimate of drug-likeness (QED) is 0.464. The molecule has 6 nitrogen and oxygen atoms in total. The van der Waals surface area contributed by atoms with Gasteiger partial charge in [-0.05, 0) is 32.6 Å². The third-order valence-electron chi connectivity index (χ3n) is 2.88. The van der Waals surface area contributed by atoms with Crippen LogP contribution in [-0.4, -0.2) is 43.6 Å². The van der Waals surface area contributed by atoms with Gasteiger partial charge in [0, 0.05) is 19.6 Å². The maximum Gasteiger partial charge on any atom is 0.315 e. The summed E-state index contributed by atoms with van der Waals surface area (Å²) in [7, 11) is 3.97. The number of hydrogen-bond acceptors (Lipinski definition) is 5. The first kappa shape index (κ1) is 15.2. The van der Waals surface area contributed by atoms with Crippen molar-refractivity contribution in [2.45, 2.75) is 13.3 Å². The van der Waals surface area contributed by atoms with E-state index in [1.54, 1.807) is 18.2 Å². The number of rotatable bonds is 7. The summed E-state index contributed by atoms with van der Waals surface area (Å²) >= 11 is 0. The molecule has 0 aliphatic carbocycles. The highest BCUT2D eigenvalue weighted by molar-refractivity contribution is 5.75.